The molecule has 5 nitrogen and oxygen atoms in total. The first kappa shape index (κ1) is 18.6. The van der Waals surface area contributed by atoms with Crippen molar-refractivity contribution in [3.8, 4) is 0 Å². The first-order chi connectivity index (χ1) is 8.64. The largest absolute Gasteiger partial charge is 0.383 e. The third kappa shape index (κ3) is 5.65. The molecule has 2 N–H and O–H groups in total. The summed E-state index contributed by atoms with van der Waals surface area (Å²) in [5.74, 6) is 0.0521. The van der Waals surface area contributed by atoms with Crippen molar-refractivity contribution in [3.05, 3.63) is 0 Å². The van der Waals surface area contributed by atoms with E-state index in [1.165, 1.54) is 6.42 Å². The molecule has 19 heavy (non-hydrogen) atoms. The average molecular weight is 295 g/mol. The van der Waals surface area contributed by atoms with Crippen molar-refractivity contribution in [1.82, 2.24) is 4.90 Å². The van der Waals surface area contributed by atoms with Crippen LogP contribution in [0.25, 0.3) is 0 Å². The van der Waals surface area contributed by atoms with Crippen molar-refractivity contribution >= 4 is 18.3 Å². The van der Waals surface area contributed by atoms with Crippen molar-refractivity contribution in [3.63, 3.8) is 0 Å². The van der Waals surface area contributed by atoms with E-state index >= 15 is 0 Å². The first-order valence-corrected chi connectivity index (χ1v) is 6.70. The van der Waals surface area contributed by atoms with Crippen LogP contribution in [0.5, 0.6) is 0 Å². The molecule has 0 aromatic rings. The predicted octanol–water partition coefficient (Wildman–Crippen LogP) is 1.19. The molecule has 0 atom stereocenters. The minimum Gasteiger partial charge on any atom is -0.383 e. The van der Waals surface area contributed by atoms with Crippen LogP contribution in [0.15, 0.2) is 0 Å². The van der Waals surface area contributed by atoms with Gasteiger partial charge in [-0.2, -0.15) is 0 Å². The maximum atomic E-state index is 12.5. The first-order valence-electron chi connectivity index (χ1n) is 6.70. The number of rotatable bonds is 7. The monoisotopic (exact) mass is 294 g/mol. The molecule has 1 fully saturated rings. The van der Waals surface area contributed by atoms with Gasteiger partial charge in [-0.3, -0.25) is 4.79 Å². The van der Waals surface area contributed by atoms with Crippen LogP contribution < -0.4 is 5.73 Å². The second-order valence-electron chi connectivity index (χ2n) is 4.99. The average Bonchev–Trinajstić information content (AvgIpc) is 2.39. The highest BCUT2D eigenvalue weighted by Crippen LogP contribution is 2.27. The molecule has 6 heteroatoms. The van der Waals surface area contributed by atoms with Gasteiger partial charge in [0.25, 0.3) is 0 Å². The zero-order valence-corrected chi connectivity index (χ0v) is 12.8. The summed E-state index contributed by atoms with van der Waals surface area (Å²) in [6, 6.07) is 0. The molecule has 1 aliphatic carbocycles. The Morgan fingerprint density at radius 3 is 2.00 bits per heavy atom. The van der Waals surface area contributed by atoms with E-state index in [1.54, 1.807) is 19.1 Å². The van der Waals surface area contributed by atoms with E-state index in [9.17, 15) is 4.79 Å². The molecule has 0 unspecified atom stereocenters. The summed E-state index contributed by atoms with van der Waals surface area (Å²) >= 11 is 0. The lowest BCUT2D eigenvalue weighted by Gasteiger charge is -2.36. The summed E-state index contributed by atoms with van der Waals surface area (Å²) in [7, 11) is 3.27. The molecule has 0 spiro atoms. The van der Waals surface area contributed by atoms with Crippen molar-refractivity contribution < 1.29 is 14.3 Å². The third-order valence-corrected chi connectivity index (χ3v) is 3.59. The van der Waals surface area contributed by atoms with Gasteiger partial charge in [-0.05, 0) is 12.8 Å². The van der Waals surface area contributed by atoms with Gasteiger partial charge in [-0.1, -0.05) is 19.3 Å². The molecule has 0 radical (unpaired) electrons. The Balaban J connectivity index is 0.00000324. The van der Waals surface area contributed by atoms with Crippen LogP contribution in [0.3, 0.4) is 0 Å². The van der Waals surface area contributed by atoms with Gasteiger partial charge in [-0.25, -0.2) is 0 Å². The highest BCUT2D eigenvalue weighted by Gasteiger charge is 2.38. The summed E-state index contributed by atoms with van der Waals surface area (Å²) in [4.78, 5) is 14.3. The Bertz CT molecular complexity index is 250. The lowest BCUT2D eigenvalue weighted by Crippen LogP contribution is -2.57. The molecule has 1 amide bonds. The second-order valence-corrected chi connectivity index (χ2v) is 4.99. The van der Waals surface area contributed by atoms with Crippen LogP contribution in [0.1, 0.15) is 32.1 Å². The molecule has 0 bridgehead atoms. The second kappa shape index (κ2) is 9.53. The van der Waals surface area contributed by atoms with Crippen molar-refractivity contribution in [1.29, 1.82) is 0 Å². The fourth-order valence-electron chi connectivity index (χ4n) is 2.43. The Kier molecular flexibility index (Phi) is 9.35. The number of carbonyl (C=O) groups is 1. The van der Waals surface area contributed by atoms with Crippen molar-refractivity contribution in [2.75, 3.05) is 40.5 Å². The number of hydrogen-bond acceptors (Lipinski definition) is 4. The van der Waals surface area contributed by atoms with Crippen molar-refractivity contribution in [2.24, 2.45) is 5.73 Å². The molecular formula is C13H27ClN2O3. The molecule has 0 saturated heterocycles. The van der Waals surface area contributed by atoms with E-state index < -0.39 is 5.54 Å². The zero-order chi connectivity index (χ0) is 13.4. The quantitative estimate of drug-likeness (QED) is 0.766. The van der Waals surface area contributed by atoms with E-state index in [0.717, 1.165) is 25.7 Å². The van der Waals surface area contributed by atoms with Gasteiger partial charge in [0.1, 0.15) is 0 Å². The Labute approximate surface area is 122 Å². The van der Waals surface area contributed by atoms with Crippen LogP contribution in [-0.2, 0) is 14.3 Å². The molecular weight excluding hydrogens is 268 g/mol. The number of amides is 1. The number of hydrogen-bond donors (Lipinski definition) is 1. The summed E-state index contributed by atoms with van der Waals surface area (Å²) < 4.78 is 10.1. The van der Waals surface area contributed by atoms with E-state index in [1.807, 2.05) is 0 Å². The van der Waals surface area contributed by atoms with Gasteiger partial charge in [0, 0.05) is 27.3 Å². The van der Waals surface area contributed by atoms with Crippen molar-refractivity contribution in [2.45, 2.75) is 37.6 Å². The summed E-state index contributed by atoms with van der Waals surface area (Å²) in [6.45, 7) is 2.23. The molecule has 114 valence electrons. The normalized spacial score (nSPS) is 17.6. The van der Waals surface area contributed by atoms with E-state index in [-0.39, 0.29) is 18.3 Å². The van der Waals surface area contributed by atoms with E-state index in [4.69, 9.17) is 15.2 Å². The number of ether oxygens (including phenoxy) is 2. The molecule has 0 aromatic carbocycles. The standard InChI is InChI=1S/C13H26N2O3.ClH/c1-17-10-8-15(9-11-18-2)12(16)13(14)6-4-3-5-7-13;/h3-11,14H2,1-2H3;1H. The number of nitrogens with two attached hydrogens (primary N) is 1. The summed E-state index contributed by atoms with van der Waals surface area (Å²) in [5, 5.41) is 0. The fourth-order valence-corrected chi connectivity index (χ4v) is 2.43. The highest BCUT2D eigenvalue weighted by atomic mass is 35.5. The Morgan fingerprint density at radius 1 is 1.11 bits per heavy atom. The van der Waals surface area contributed by atoms with E-state index in [0.29, 0.717) is 26.3 Å². The number of methoxy groups -OCH3 is 2. The predicted molar refractivity (Wildman–Crippen MR) is 77.6 cm³/mol. The fraction of sp³-hybridized carbons (Fsp3) is 0.923. The molecule has 1 rings (SSSR count). The van der Waals surface area contributed by atoms with Crippen LogP contribution in [0.4, 0.5) is 0 Å². The minimum atomic E-state index is -0.667. The third-order valence-electron chi connectivity index (χ3n) is 3.59. The maximum absolute atomic E-state index is 12.5. The summed E-state index contributed by atoms with van der Waals surface area (Å²) in [6.07, 6.45) is 4.86. The SMILES string of the molecule is COCCN(CCOC)C(=O)C1(N)CCCCC1.Cl. The smallest absolute Gasteiger partial charge is 0.242 e. The Morgan fingerprint density at radius 2 is 1.58 bits per heavy atom. The zero-order valence-electron chi connectivity index (χ0n) is 12.0. The van der Waals surface area contributed by atoms with Gasteiger partial charge in [0.05, 0.1) is 18.8 Å². The van der Waals surface area contributed by atoms with E-state index in [2.05, 4.69) is 0 Å². The number of carbonyl (C=O) groups excluding carboxylic acids is 1. The Hall–Kier alpha value is -0.360. The molecule has 1 aliphatic rings. The minimum absolute atomic E-state index is 0. The van der Waals surface area contributed by atoms with Crippen LogP contribution >= 0.6 is 12.4 Å². The van der Waals surface area contributed by atoms with Gasteiger partial charge in [0.15, 0.2) is 0 Å². The molecule has 0 heterocycles. The van der Waals surface area contributed by atoms with Gasteiger partial charge >= 0.3 is 0 Å². The molecule has 0 aliphatic heterocycles. The highest BCUT2D eigenvalue weighted by molar-refractivity contribution is 5.86. The summed E-state index contributed by atoms with van der Waals surface area (Å²) in [5.41, 5.74) is 5.61. The maximum Gasteiger partial charge on any atom is 0.242 e. The lowest BCUT2D eigenvalue weighted by molar-refractivity contribution is -0.139. The van der Waals surface area contributed by atoms with Crippen LogP contribution in [0.2, 0.25) is 0 Å². The van der Waals surface area contributed by atoms with Gasteiger partial charge in [0.2, 0.25) is 5.91 Å². The lowest BCUT2D eigenvalue weighted by atomic mass is 9.81. The topological polar surface area (TPSA) is 64.8 Å². The van der Waals surface area contributed by atoms with Gasteiger partial charge < -0.3 is 20.1 Å². The van der Waals surface area contributed by atoms with Crippen LogP contribution in [-0.4, -0.2) is 56.9 Å². The van der Waals surface area contributed by atoms with Gasteiger partial charge in [-0.15, -0.1) is 12.4 Å². The van der Waals surface area contributed by atoms with Crippen LogP contribution in [0, 0.1) is 0 Å². The number of nitrogens with zero attached hydrogens (tertiary/aromatic N) is 1. The molecule has 0 aromatic heterocycles. The number of halogens is 1. The molecule has 1 saturated carbocycles.